The SMILES string of the molecule is O=c1oc2ccccc2c2c1C(c1ccc(F)c(Cl)c1)c1c(c3ccccc3oc1=O)O2. The molecule has 6 rings (SSSR count). The second-order valence-electron chi connectivity index (χ2n) is 7.47. The molecule has 3 aromatic carbocycles. The van der Waals surface area contributed by atoms with Gasteiger partial charge in [-0.05, 0) is 42.0 Å². The Labute approximate surface area is 184 Å². The van der Waals surface area contributed by atoms with Gasteiger partial charge < -0.3 is 13.6 Å². The third kappa shape index (κ3) is 2.63. The van der Waals surface area contributed by atoms with E-state index >= 15 is 0 Å². The van der Waals surface area contributed by atoms with Crippen LogP contribution in [-0.2, 0) is 0 Å². The zero-order valence-corrected chi connectivity index (χ0v) is 17.0. The van der Waals surface area contributed by atoms with Gasteiger partial charge in [0.25, 0.3) is 0 Å². The van der Waals surface area contributed by atoms with Crippen molar-refractivity contribution in [2.45, 2.75) is 5.92 Å². The van der Waals surface area contributed by atoms with Crippen molar-refractivity contribution >= 4 is 33.5 Å². The first kappa shape index (κ1) is 18.8. The van der Waals surface area contributed by atoms with Crippen LogP contribution < -0.4 is 16.0 Å². The summed E-state index contributed by atoms with van der Waals surface area (Å²) in [7, 11) is 0. The van der Waals surface area contributed by atoms with Crippen molar-refractivity contribution < 1.29 is 18.0 Å². The van der Waals surface area contributed by atoms with Gasteiger partial charge in [-0.25, -0.2) is 14.0 Å². The molecule has 0 atom stereocenters. The molecule has 0 saturated heterocycles. The lowest BCUT2D eigenvalue weighted by atomic mass is 9.83. The maximum atomic E-state index is 13.9. The molecule has 0 radical (unpaired) electrons. The maximum Gasteiger partial charge on any atom is 0.344 e. The number of benzene rings is 3. The van der Waals surface area contributed by atoms with Crippen LogP contribution in [0.3, 0.4) is 0 Å². The Kier molecular flexibility index (Phi) is 4.00. The largest absolute Gasteiger partial charge is 0.455 e. The first-order chi connectivity index (χ1) is 15.5. The Bertz CT molecular complexity index is 1590. The molecule has 0 amide bonds. The molecule has 0 aliphatic carbocycles. The third-order valence-electron chi connectivity index (χ3n) is 5.66. The smallest absolute Gasteiger partial charge is 0.344 e. The van der Waals surface area contributed by atoms with E-state index in [1.54, 1.807) is 48.5 Å². The van der Waals surface area contributed by atoms with E-state index in [2.05, 4.69) is 0 Å². The molecular weight excluding hydrogens is 435 g/mol. The van der Waals surface area contributed by atoms with Gasteiger partial charge in [0, 0.05) is 0 Å². The summed E-state index contributed by atoms with van der Waals surface area (Å²) in [5.74, 6) is -0.969. The molecular formula is C25H12ClFO5. The number of fused-ring (bicyclic) bond motifs is 6. The van der Waals surface area contributed by atoms with Crippen LogP contribution >= 0.6 is 11.6 Å². The van der Waals surface area contributed by atoms with Gasteiger partial charge in [0.2, 0.25) is 0 Å². The van der Waals surface area contributed by atoms with Gasteiger partial charge in [0.05, 0.1) is 32.8 Å². The van der Waals surface area contributed by atoms with E-state index in [1.807, 2.05) is 0 Å². The van der Waals surface area contributed by atoms with E-state index in [1.165, 1.54) is 18.2 Å². The van der Waals surface area contributed by atoms with Crippen molar-refractivity contribution in [3.63, 3.8) is 0 Å². The second-order valence-corrected chi connectivity index (χ2v) is 7.87. The molecule has 5 aromatic rings. The molecule has 5 nitrogen and oxygen atoms in total. The van der Waals surface area contributed by atoms with Gasteiger partial charge in [-0.3, -0.25) is 0 Å². The summed E-state index contributed by atoms with van der Waals surface area (Å²) in [6, 6.07) is 18.0. The number of para-hydroxylation sites is 2. The van der Waals surface area contributed by atoms with E-state index in [0.717, 1.165) is 0 Å². The lowest BCUT2D eigenvalue weighted by Gasteiger charge is -2.28. The van der Waals surface area contributed by atoms with E-state index in [4.69, 9.17) is 25.2 Å². The summed E-state index contributed by atoms with van der Waals surface area (Å²) in [6.45, 7) is 0. The normalized spacial score (nSPS) is 13.1. The zero-order valence-electron chi connectivity index (χ0n) is 16.2. The average molecular weight is 447 g/mol. The molecule has 0 saturated carbocycles. The highest BCUT2D eigenvalue weighted by atomic mass is 35.5. The van der Waals surface area contributed by atoms with Crippen molar-refractivity contribution in [3.05, 3.63) is 115 Å². The standard InChI is InChI=1S/C25H12ClFO5/c26-15-11-12(9-10-16(15)27)19-20-22(13-5-1-3-7-17(13)30-24(20)28)32-23-14-6-2-4-8-18(14)31-25(29)21(19)23/h1-11,19H. The minimum absolute atomic E-state index is 0.126. The summed E-state index contributed by atoms with van der Waals surface area (Å²) in [4.78, 5) is 26.2. The van der Waals surface area contributed by atoms with E-state index < -0.39 is 23.0 Å². The molecule has 1 aliphatic rings. The first-order valence-corrected chi connectivity index (χ1v) is 10.1. The summed E-state index contributed by atoms with van der Waals surface area (Å²) in [5.41, 5.74) is 0.0608. The highest BCUT2D eigenvalue weighted by Gasteiger charge is 2.38. The van der Waals surface area contributed by atoms with Gasteiger partial charge in [-0.2, -0.15) is 0 Å². The van der Waals surface area contributed by atoms with E-state index in [9.17, 15) is 14.0 Å². The highest BCUT2D eigenvalue weighted by Crippen LogP contribution is 2.49. The molecule has 7 heteroatoms. The van der Waals surface area contributed by atoms with Crippen LogP contribution in [0.25, 0.3) is 21.9 Å². The van der Waals surface area contributed by atoms with Crippen molar-refractivity contribution in [2.75, 3.05) is 0 Å². The molecule has 32 heavy (non-hydrogen) atoms. The summed E-state index contributed by atoms with van der Waals surface area (Å²) < 4.78 is 31.2. The highest BCUT2D eigenvalue weighted by molar-refractivity contribution is 6.30. The second kappa shape index (κ2) is 6.80. The van der Waals surface area contributed by atoms with Crippen LogP contribution in [0.2, 0.25) is 5.02 Å². The molecule has 1 aliphatic heterocycles. The number of rotatable bonds is 1. The molecule has 0 unspecified atom stereocenters. The van der Waals surface area contributed by atoms with E-state index in [-0.39, 0.29) is 27.6 Å². The Morgan fingerprint density at radius 2 is 1.28 bits per heavy atom. The van der Waals surface area contributed by atoms with E-state index in [0.29, 0.717) is 27.5 Å². The third-order valence-corrected chi connectivity index (χ3v) is 5.95. The number of hydrogen-bond donors (Lipinski definition) is 0. The molecule has 156 valence electrons. The van der Waals surface area contributed by atoms with Crippen molar-refractivity contribution in [2.24, 2.45) is 0 Å². The van der Waals surface area contributed by atoms with Crippen LogP contribution in [0.15, 0.2) is 85.2 Å². The predicted octanol–water partition coefficient (Wildman–Crippen LogP) is 5.98. The van der Waals surface area contributed by atoms with Crippen LogP contribution in [0, 0.1) is 5.82 Å². The lowest BCUT2D eigenvalue weighted by molar-refractivity contribution is 0.429. The Balaban J connectivity index is 1.79. The summed E-state index contributed by atoms with van der Waals surface area (Å²) >= 11 is 6.05. The minimum atomic E-state index is -0.923. The molecule has 3 heterocycles. The Hall–Kier alpha value is -3.90. The predicted molar refractivity (Wildman–Crippen MR) is 117 cm³/mol. The van der Waals surface area contributed by atoms with Crippen molar-refractivity contribution in [1.82, 2.24) is 0 Å². The molecule has 2 aromatic heterocycles. The summed E-state index contributed by atoms with van der Waals surface area (Å²) in [6.07, 6.45) is 0. The van der Waals surface area contributed by atoms with Crippen LogP contribution in [0.4, 0.5) is 4.39 Å². The van der Waals surface area contributed by atoms with Gasteiger partial charge in [-0.1, -0.05) is 41.9 Å². The Morgan fingerprint density at radius 3 is 1.81 bits per heavy atom. The monoisotopic (exact) mass is 446 g/mol. The van der Waals surface area contributed by atoms with Gasteiger partial charge >= 0.3 is 11.3 Å². The van der Waals surface area contributed by atoms with Crippen LogP contribution in [0.1, 0.15) is 22.6 Å². The number of ether oxygens (including phenoxy) is 1. The van der Waals surface area contributed by atoms with Gasteiger partial charge in [-0.15, -0.1) is 0 Å². The average Bonchev–Trinajstić information content (AvgIpc) is 2.80. The fourth-order valence-electron chi connectivity index (χ4n) is 4.26. The molecule has 0 bridgehead atoms. The van der Waals surface area contributed by atoms with Gasteiger partial charge in [0.1, 0.15) is 28.5 Å². The topological polar surface area (TPSA) is 69.7 Å². The maximum absolute atomic E-state index is 13.9. The zero-order chi connectivity index (χ0) is 22.0. The minimum Gasteiger partial charge on any atom is -0.455 e. The van der Waals surface area contributed by atoms with Crippen molar-refractivity contribution in [1.29, 1.82) is 0 Å². The van der Waals surface area contributed by atoms with Gasteiger partial charge in [0.15, 0.2) is 0 Å². The quantitative estimate of drug-likeness (QED) is 0.291. The first-order valence-electron chi connectivity index (χ1n) is 9.77. The fourth-order valence-corrected chi connectivity index (χ4v) is 4.45. The van der Waals surface area contributed by atoms with Crippen LogP contribution in [-0.4, -0.2) is 0 Å². The lowest BCUT2D eigenvalue weighted by Crippen LogP contribution is -2.26. The fraction of sp³-hybridized carbons (Fsp3) is 0.0400. The Morgan fingerprint density at radius 1 is 0.750 bits per heavy atom. The molecule has 0 fully saturated rings. The van der Waals surface area contributed by atoms with Crippen molar-refractivity contribution in [3.8, 4) is 11.5 Å². The molecule has 0 N–H and O–H groups in total. The summed E-state index contributed by atoms with van der Waals surface area (Å²) in [5, 5.41) is 1.01. The van der Waals surface area contributed by atoms with Crippen LogP contribution in [0.5, 0.6) is 11.5 Å². The number of halogens is 2. The molecule has 0 spiro atoms. The number of hydrogen-bond acceptors (Lipinski definition) is 5.